The first-order valence-corrected chi connectivity index (χ1v) is 15.1. The Labute approximate surface area is 256 Å². The number of nitrogens with zero attached hydrogens (tertiary/aromatic N) is 7. The van der Waals surface area contributed by atoms with Gasteiger partial charge in [0.1, 0.15) is 5.82 Å². The van der Waals surface area contributed by atoms with Gasteiger partial charge in [-0.2, -0.15) is 9.94 Å². The Morgan fingerprint density at radius 2 is 1.74 bits per heavy atom. The predicted octanol–water partition coefficient (Wildman–Crippen LogP) is 5.33. The molecule has 11 heteroatoms. The molecule has 3 aromatic heterocycles. The van der Waals surface area contributed by atoms with Gasteiger partial charge in [-0.05, 0) is 47.5 Å². The van der Waals surface area contributed by atoms with Crippen LogP contribution in [0, 0.1) is 5.21 Å². The number of aliphatic hydroxyl groups is 1. The van der Waals surface area contributed by atoms with E-state index < -0.39 is 6.10 Å². The number of nitrogens with one attached hydrogen (secondary N) is 1. The molecule has 2 aromatic carbocycles. The smallest absolute Gasteiger partial charge is 0.227 e. The highest BCUT2D eigenvalue weighted by Crippen LogP contribution is 2.32. The van der Waals surface area contributed by atoms with E-state index in [1.165, 1.54) is 0 Å². The van der Waals surface area contributed by atoms with E-state index in [1.807, 2.05) is 34.9 Å². The molecular weight excluding hydrogens is 564 g/mol. The van der Waals surface area contributed by atoms with Gasteiger partial charge in [-0.1, -0.05) is 87.3 Å². The largest absolute Gasteiger partial charge is 0.618 e. The number of halogens is 1. The molecule has 0 amide bonds. The van der Waals surface area contributed by atoms with Crippen LogP contribution in [0.3, 0.4) is 0 Å². The summed E-state index contributed by atoms with van der Waals surface area (Å²) in [6.07, 6.45) is 1.38. The summed E-state index contributed by atoms with van der Waals surface area (Å²) < 4.78 is 2.79. The first kappa shape index (κ1) is 30.3. The number of aliphatic hydroxyl groups excluding tert-OH is 1. The fourth-order valence-corrected chi connectivity index (χ4v) is 5.62. The standard InChI is InChI=1S/C32H37ClN8O2/c1-4-7-15-28-34-31(33)29(30(42)27-14-10-11-24(41(27)43)21-39(5-2)6-3)40(28)20-22-16-18-23(19-17-22)25-12-8-9-13-26(25)32-35-37-38-36-32/h8-14,16-19,30,42H,4-7,15,20-21H2,1-3H3,(H,35,36,37,38). The van der Waals surface area contributed by atoms with Crippen LogP contribution in [0.4, 0.5) is 0 Å². The zero-order valence-electron chi connectivity index (χ0n) is 24.7. The summed E-state index contributed by atoms with van der Waals surface area (Å²) >= 11 is 6.70. The van der Waals surface area contributed by atoms with Crippen molar-refractivity contribution < 1.29 is 9.84 Å². The molecule has 1 unspecified atom stereocenters. The lowest BCUT2D eigenvalue weighted by Gasteiger charge is -2.20. The van der Waals surface area contributed by atoms with Gasteiger partial charge < -0.3 is 14.9 Å². The van der Waals surface area contributed by atoms with Crippen molar-refractivity contribution in [3.63, 3.8) is 0 Å². The highest BCUT2D eigenvalue weighted by atomic mass is 35.5. The first-order valence-electron chi connectivity index (χ1n) is 14.7. The minimum atomic E-state index is -1.24. The third-order valence-corrected chi connectivity index (χ3v) is 8.06. The van der Waals surface area contributed by atoms with Gasteiger partial charge in [-0.15, -0.1) is 10.2 Å². The van der Waals surface area contributed by atoms with Crippen molar-refractivity contribution >= 4 is 11.6 Å². The maximum absolute atomic E-state index is 13.4. The van der Waals surface area contributed by atoms with Gasteiger partial charge in [0, 0.05) is 30.7 Å². The maximum Gasteiger partial charge on any atom is 0.227 e. The Kier molecular flexibility index (Phi) is 9.81. The van der Waals surface area contributed by atoms with Crippen LogP contribution in [0.5, 0.6) is 0 Å². The highest BCUT2D eigenvalue weighted by Gasteiger charge is 2.29. The summed E-state index contributed by atoms with van der Waals surface area (Å²) in [5, 5.41) is 39.8. The molecule has 10 nitrogen and oxygen atoms in total. The third-order valence-electron chi connectivity index (χ3n) is 7.78. The Morgan fingerprint density at radius 3 is 2.42 bits per heavy atom. The van der Waals surface area contributed by atoms with Gasteiger partial charge in [0.05, 0.1) is 12.2 Å². The van der Waals surface area contributed by atoms with Crippen LogP contribution in [-0.2, 0) is 19.5 Å². The number of pyridine rings is 1. The van der Waals surface area contributed by atoms with Crippen LogP contribution in [0.2, 0.25) is 5.15 Å². The number of tetrazole rings is 1. The number of aromatic amines is 1. The number of unbranched alkanes of at least 4 members (excludes halogenated alkanes) is 1. The maximum atomic E-state index is 13.4. The molecule has 0 saturated heterocycles. The second kappa shape index (κ2) is 13.9. The molecular formula is C32H37ClN8O2. The van der Waals surface area contributed by atoms with Gasteiger partial charge in [-0.25, -0.2) is 4.98 Å². The molecule has 0 bridgehead atoms. The second-order valence-electron chi connectivity index (χ2n) is 10.5. The lowest BCUT2D eigenvalue weighted by Crippen LogP contribution is -2.41. The van der Waals surface area contributed by atoms with Crippen LogP contribution in [0.1, 0.15) is 68.2 Å². The molecule has 0 aliphatic heterocycles. The minimum Gasteiger partial charge on any atom is -0.618 e. The number of benzene rings is 2. The number of aryl methyl sites for hydroxylation is 1. The summed E-state index contributed by atoms with van der Waals surface area (Å²) in [5.74, 6) is 1.31. The molecule has 0 aliphatic rings. The Hall–Kier alpha value is -4.12. The zero-order chi connectivity index (χ0) is 30.3. The van der Waals surface area contributed by atoms with Crippen LogP contribution in [-0.4, -0.2) is 53.3 Å². The fourth-order valence-electron chi connectivity index (χ4n) is 5.32. The topological polar surface area (TPSA) is 123 Å². The van der Waals surface area contributed by atoms with Crippen molar-refractivity contribution in [2.75, 3.05) is 13.1 Å². The molecule has 0 fully saturated rings. The average molecular weight is 601 g/mol. The van der Waals surface area contributed by atoms with E-state index >= 15 is 0 Å². The fraction of sp³-hybridized carbons (Fsp3) is 0.344. The third kappa shape index (κ3) is 6.61. The molecule has 43 heavy (non-hydrogen) atoms. The summed E-state index contributed by atoms with van der Waals surface area (Å²) in [7, 11) is 0. The lowest BCUT2D eigenvalue weighted by atomic mass is 9.98. The van der Waals surface area contributed by atoms with E-state index in [9.17, 15) is 10.3 Å². The van der Waals surface area contributed by atoms with E-state index in [2.05, 4.69) is 75.5 Å². The van der Waals surface area contributed by atoms with Gasteiger partial charge >= 0.3 is 0 Å². The van der Waals surface area contributed by atoms with Crippen molar-refractivity contribution in [2.24, 2.45) is 0 Å². The van der Waals surface area contributed by atoms with Gasteiger partial charge in [-0.3, -0.25) is 4.90 Å². The number of aromatic nitrogens is 7. The number of H-pyrrole nitrogens is 1. The van der Waals surface area contributed by atoms with E-state index in [-0.39, 0.29) is 10.8 Å². The Morgan fingerprint density at radius 1 is 1.00 bits per heavy atom. The first-order chi connectivity index (χ1) is 20.9. The number of imidazole rings is 1. The summed E-state index contributed by atoms with van der Waals surface area (Å²) in [5.41, 5.74) is 5.11. The van der Waals surface area contributed by atoms with E-state index in [1.54, 1.807) is 12.1 Å². The Balaban J connectivity index is 1.48. The monoisotopic (exact) mass is 600 g/mol. The zero-order valence-corrected chi connectivity index (χ0v) is 25.5. The molecule has 3 heterocycles. The Bertz CT molecular complexity index is 1630. The molecule has 2 N–H and O–H groups in total. The number of hydrogen-bond donors (Lipinski definition) is 2. The van der Waals surface area contributed by atoms with Gasteiger partial charge in [0.25, 0.3) is 0 Å². The van der Waals surface area contributed by atoms with Crippen molar-refractivity contribution in [1.82, 2.24) is 35.1 Å². The summed E-state index contributed by atoms with van der Waals surface area (Å²) in [6.45, 7) is 8.83. The van der Waals surface area contributed by atoms with Gasteiger partial charge in [0.15, 0.2) is 11.3 Å². The van der Waals surface area contributed by atoms with Crippen LogP contribution in [0.25, 0.3) is 22.5 Å². The second-order valence-corrected chi connectivity index (χ2v) is 10.8. The van der Waals surface area contributed by atoms with E-state index in [0.29, 0.717) is 36.7 Å². The van der Waals surface area contributed by atoms with Crippen molar-refractivity contribution in [3.05, 3.63) is 106 Å². The normalized spacial score (nSPS) is 12.2. The SMILES string of the molecule is CCCCc1nc(Cl)c(C(O)c2cccc(CN(CC)CC)[n+]2[O-])n1Cc1ccc(-c2ccccc2-c2nn[nH]n2)cc1. The molecule has 0 radical (unpaired) electrons. The molecule has 1 atom stereocenters. The lowest BCUT2D eigenvalue weighted by molar-refractivity contribution is -0.627. The van der Waals surface area contributed by atoms with Crippen molar-refractivity contribution in [3.8, 4) is 22.5 Å². The van der Waals surface area contributed by atoms with Crippen molar-refractivity contribution in [2.45, 2.75) is 59.2 Å². The number of rotatable bonds is 13. The molecule has 5 aromatic rings. The van der Waals surface area contributed by atoms with Crippen LogP contribution in [0.15, 0.2) is 66.7 Å². The molecule has 5 rings (SSSR count). The average Bonchev–Trinajstić information content (AvgIpc) is 3.68. The van der Waals surface area contributed by atoms with Crippen molar-refractivity contribution in [1.29, 1.82) is 0 Å². The molecule has 0 saturated carbocycles. The van der Waals surface area contributed by atoms with Gasteiger partial charge in [0.2, 0.25) is 17.2 Å². The minimum absolute atomic E-state index is 0.207. The molecule has 0 aliphatic carbocycles. The van der Waals surface area contributed by atoms with Crippen LogP contribution >= 0.6 is 11.6 Å². The molecule has 0 spiro atoms. The van der Waals surface area contributed by atoms with E-state index in [4.69, 9.17) is 11.6 Å². The summed E-state index contributed by atoms with van der Waals surface area (Å²) in [4.78, 5) is 6.81. The van der Waals surface area contributed by atoms with E-state index in [0.717, 1.165) is 58.7 Å². The highest BCUT2D eigenvalue weighted by molar-refractivity contribution is 6.30. The van der Waals surface area contributed by atoms with Crippen LogP contribution < -0.4 is 4.73 Å². The molecule has 224 valence electrons. The quantitative estimate of drug-likeness (QED) is 0.138. The summed E-state index contributed by atoms with van der Waals surface area (Å²) in [6, 6.07) is 21.4. The number of hydrogen-bond acceptors (Lipinski definition) is 7. The predicted molar refractivity (Wildman–Crippen MR) is 166 cm³/mol.